The van der Waals surface area contributed by atoms with E-state index in [0.29, 0.717) is 22.6 Å². The van der Waals surface area contributed by atoms with Gasteiger partial charge in [0.1, 0.15) is 11.4 Å². The summed E-state index contributed by atoms with van der Waals surface area (Å²) in [5.41, 5.74) is 15.4. The van der Waals surface area contributed by atoms with Gasteiger partial charge in [-0.3, -0.25) is 4.98 Å². The van der Waals surface area contributed by atoms with Gasteiger partial charge in [-0.1, -0.05) is 156 Å². The fraction of sp³-hybridized carbons (Fsp3) is 0.143. The summed E-state index contributed by atoms with van der Waals surface area (Å²) in [4.78, 5) is 9.98. The van der Waals surface area contributed by atoms with Crippen molar-refractivity contribution in [1.29, 1.82) is 0 Å². The molecule has 13 rings (SSSR count). The Bertz CT molecular complexity index is 4100. The summed E-state index contributed by atoms with van der Waals surface area (Å²) in [5, 5.41) is 1.90. The number of nitrogens with zero attached hydrogens (tertiary/aromatic N) is 3. The van der Waals surface area contributed by atoms with E-state index in [1.165, 1.54) is 16.9 Å². The molecule has 7 heteroatoms. The van der Waals surface area contributed by atoms with E-state index in [-0.39, 0.29) is 31.8 Å². The van der Waals surface area contributed by atoms with Gasteiger partial charge in [0.25, 0.3) is 0 Å². The van der Waals surface area contributed by atoms with Gasteiger partial charge in [0.05, 0.1) is 22.4 Å². The molecular weight excluding hydrogens is 1180 g/mol. The Balaban J connectivity index is 0.000000214. The van der Waals surface area contributed by atoms with Crippen molar-refractivity contribution >= 4 is 50.6 Å². The van der Waals surface area contributed by atoms with Gasteiger partial charge in [0, 0.05) is 42.3 Å². The van der Waals surface area contributed by atoms with Crippen molar-refractivity contribution in [2.24, 2.45) is 5.92 Å². The third kappa shape index (κ3) is 10.7. The van der Waals surface area contributed by atoms with Crippen molar-refractivity contribution in [2.75, 3.05) is 0 Å². The topological polar surface area (TPSA) is 43.9 Å². The van der Waals surface area contributed by atoms with E-state index < -0.39 is 19.6 Å². The number of benzene rings is 9. The third-order valence-corrected chi connectivity index (χ3v) is 18.9. The van der Waals surface area contributed by atoms with E-state index in [4.69, 9.17) is 12.1 Å². The van der Waals surface area contributed by atoms with Gasteiger partial charge >= 0.3 is 146 Å². The quantitative estimate of drug-likeness (QED) is 0.101. The molecule has 1 aliphatic carbocycles. The minimum Gasteiger partial charge on any atom is 0 e. The number of hydrogen-bond acceptors (Lipinski definition) is 3. The summed E-state index contributed by atoms with van der Waals surface area (Å²) in [6.07, 6.45) is 6.24. The van der Waals surface area contributed by atoms with Crippen LogP contribution in [-0.4, -0.2) is 27.8 Å². The smallest absolute Gasteiger partial charge is 0 e. The van der Waals surface area contributed by atoms with Crippen LogP contribution in [0.25, 0.3) is 106 Å². The molecule has 1 radical (unpaired) electrons. The van der Waals surface area contributed by atoms with Gasteiger partial charge in [0.15, 0.2) is 0 Å². The molecule has 0 unspecified atom stereocenters. The Labute approximate surface area is 470 Å². The average Bonchev–Trinajstić information content (AvgIpc) is 4.28. The Morgan fingerprint density at radius 2 is 1.30 bits per heavy atom. The second-order valence-electron chi connectivity index (χ2n) is 20.8. The van der Waals surface area contributed by atoms with Gasteiger partial charge in [-0.15, -0.1) is 12.1 Å². The van der Waals surface area contributed by atoms with Crippen LogP contribution in [0.5, 0.6) is 0 Å². The Kier molecular flexibility index (Phi) is 14.4. The van der Waals surface area contributed by atoms with E-state index in [0.717, 1.165) is 115 Å². The summed E-state index contributed by atoms with van der Waals surface area (Å²) >= 11 is -2.23. The molecular formula is C70H58FGeIrN3O-2. The molecule has 3 aromatic heterocycles. The molecule has 12 aromatic rings. The zero-order valence-corrected chi connectivity index (χ0v) is 47.9. The number of fused-ring (bicyclic) bond motifs is 4. The van der Waals surface area contributed by atoms with E-state index >= 15 is 0 Å². The molecule has 4 nitrogen and oxygen atoms in total. The number of rotatable bonds is 10. The SMILES string of the molecule is Fc1ccccc1-c1ccc2c(c1)oc1c(-c3nc4ccccc4n3-c3ccc(-c4ccccc4)cc3-c3ccccc3)[c-]cc(-c3ccccc3)c12.[2H]C([2H])(c1cc(-c2[c-]cccc2)nc[c]1[Ge]([CH3])([CH3])[CH3])C1CCCCC1.[Ir]. The van der Waals surface area contributed by atoms with Crippen LogP contribution in [0.2, 0.25) is 17.3 Å². The molecule has 0 bridgehead atoms. The van der Waals surface area contributed by atoms with E-state index in [1.807, 2.05) is 115 Å². The van der Waals surface area contributed by atoms with Gasteiger partial charge < -0.3 is 8.98 Å². The maximum Gasteiger partial charge on any atom is 0 e. The Hall–Kier alpha value is -7.48. The molecule has 0 aliphatic heterocycles. The fourth-order valence-electron chi connectivity index (χ4n) is 10.9. The maximum atomic E-state index is 15.0. The summed E-state index contributed by atoms with van der Waals surface area (Å²) in [6, 6.07) is 77.7. The van der Waals surface area contributed by atoms with Crippen LogP contribution in [0.1, 0.15) is 40.4 Å². The molecule has 9 aromatic carbocycles. The van der Waals surface area contributed by atoms with Crippen LogP contribution in [0, 0.1) is 23.9 Å². The molecule has 1 fully saturated rings. The standard InChI is InChI=1S/C49H30FN2O.C21H28GeN.Ir/c50-42-21-11-10-20-37(42)36-24-26-39-46(31-36)53-48-40(28-27-38(47(39)48)33-16-6-2-7-17-33)49-51-43-22-12-13-23-45(43)52(49)44-29-25-35(32-14-4-1-5-15-32)30-41(44)34-18-8-3-9-19-34;1-22(2,3)20-16-23-21(18-12-8-5-9-13-18)15-19(20)14-17-10-6-4-7-11-17;/h1-27,29-31H;5,8-9,12,15-17H,4,6-7,10-11,14H2,1-3H3;/q2*-1;/i;14D2;. The maximum absolute atomic E-state index is 15.0. The van der Waals surface area contributed by atoms with Crippen LogP contribution >= 0.6 is 0 Å². The van der Waals surface area contributed by atoms with Crippen molar-refractivity contribution in [2.45, 2.75) is 55.7 Å². The summed E-state index contributed by atoms with van der Waals surface area (Å²) in [5.74, 6) is 7.54. The molecule has 3 heterocycles. The first-order valence-corrected chi connectivity index (χ1v) is 33.8. The molecule has 0 amide bonds. The van der Waals surface area contributed by atoms with Crippen molar-refractivity contribution in [3.8, 4) is 72.8 Å². The summed E-state index contributed by atoms with van der Waals surface area (Å²) in [6.45, 7) is 0. The number of furan rings is 1. The zero-order valence-electron chi connectivity index (χ0n) is 45.4. The van der Waals surface area contributed by atoms with Crippen LogP contribution < -0.4 is 4.40 Å². The number of aromatic nitrogens is 3. The number of halogens is 1. The molecule has 0 spiro atoms. The Morgan fingerprint density at radius 1 is 0.636 bits per heavy atom. The minimum atomic E-state index is -2.23. The van der Waals surface area contributed by atoms with Gasteiger partial charge in [-0.25, -0.2) is 4.39 Å². The molecule has 0 N–H and O–H groups in total. The first-order chi connectivity index (χ1) is 38.0. The van der Waals surface area contributed by atoms with Crippen molar-refractivity contribution < 1.29 is 31.7 Å². The first kappa shape index (κ1) is 49.1. The molecule has 77 heavy (non-hydrogen) atoms. The van der Waals surface area contributed by atoms with Crippen molar-refractivity contribution in [1.82, 2.24) is 14.5 Å². The summed E-state index contributed by atoms with van der Waals surface area (Å²) in [7, 11) is 0. The van der Waals surface area contributed by atoms with E-state index in [9.17, 15) is 4.39 Å². The van der Waals surface area contributed by atoms with Gasteiger partial charge in [0.2, 0.25) is 0 Å². The number of pyridine rings is 1. The number of hydrogen-bond donors (Lipinski definition) is 0. The van der Waals surface area contributed by atoms with Crippen molar-refractivity contribution in [3.05, 3.63) is 242 Å². The van der Waals surface area contributed by atoms with Crippen LogP contribution in [0.15, 0.2) is 223 Å². The predicted molar refractivity (Wildman–Crippen MR) is 316 cm³/mol. The normalized spacial score (nSPS) is 13.4. The zero-order chi connectivity index (χ0) is 53.4. The van der Waals surface area contributed by atoms with Crippen LogP contribution in [0.3, 0.4) is 0 Å². The Morgan fingerprint density at radius 3 is 2.01 bits per heavy atom. The monoisotopic (exact) mass is 1240 g/mol. The van der Waals surface area contributed by atoms with Gasteiger partial charge in [-0.05, 0) is 64.0 Å². The predicted octanol–water partition coefficient (Wildman–Crippen LogP) is 18.4. The molecule has 0 saturated heterocycles. The number of para-hydroxylation sites is 2. The molecule has 1 saturated carbocycles. The second-order valence-corrected chi connectivity index (χ2v) is 31.4. The fourth-order valence-corrected chi connectivity index (χ4v) is 13.8. The largest absolute Gasteiger partial charge is 0 e. The molecule has 0 atom stereocenters. The van der Waals surface area contributed by atoms with Crippen LogP contribution in [-0.2, 0) is 26.5 Å². The molecule has 1 aliphatic rings. The van der Waals surface area contributed by atoms with E-state index in [1.54, 1.807) is 12.1 Å². The minimum absolute atomic E-state index is 0. The first-order valence-electron chi connectivity index (χ1n) is 27.4. The molecule has 381 valence electrons. The van der Waals surface area contributed by atoms with Crippen molar-refractivity contribution in [3.63, 3.8) is 0 Å². The van der Waals surface area contributed by atoms with E-state index in [2.05, 4.69) is 124 Å². The van der Waals surface area contributed by atoms with Gasteiger partial charge in [-0.2, -0.15) is 0 Å². The average molecular weight is 1240 g/mol. The third-order valence-electron chi connectivity index (χ3n) is 14.7. The number of imidazole rings is 1. The second kappa shape index (κ2) is 22.6. The van der Waals surface area contributed by atoms with Crippen LogP contribution in [0.4, 0.5) is 4.39 Å². The summed E-state index contributed by atoms with van der Waals surface area (Å²) < 4.78 is 43.3.